The number of aliphatic hydroxyl groups is 1. The van der Waals surface area contributed by atoms with Crippen LogP contribution in [-0.2, 0) is 6.61 Å². The van der Waals surface area contributed by atoms with Crippen molar-refractivity contribution in [1.82, 2.24) is 0 Å². The van der Waals surface area contributed by atoms with Gasteiger partial charge in [-0.25, -0.2) is 0 Å². The van der Waals surface area contributed by atoms with E-state index in [1.165, 1.54) is 17.9 Å². The first kappa shape index (κ1) is 10.8. The van der Waals surface area contributed by atoms with Crippen molar-refractivity contribution in [3.63, 3.8) is 0 Å². The van der Waals surface area contributed by atoms with Crippen LogP contribution in [-0.4, -0.2) is 23.2 Å². The first-order valence-electron chi connectivity index (χ1n) is 5.40. The minimum atomic E-state index is 0.125. The van der Waals surface area contributed by atoms with Gasteiger partial charge in [0.25, 0.3) is 0 Å². The lowest BCUT2D eigenvalue weighted by Crippen LogP contribution is -2.13. The number of hydrogen-bond acceptors (Lipinski definition) is 3. The van der Waals surface area contributed by atoms with Crippen molar-refractivity contribution in [2.75, 3.05) is 23.4 Å². The Morgan fingerprint density at radius 2 is 2.13 bits per heavy atom. The maximum atomic E-state index is 8.91. The molecule has 1 aliphatic rings. The molecule has 1 aromatic carbocycles. The summed E-state index contributed by atoms with van der Waals surface area (Å²) in [6, 6.07) is 8.00. The molecule has 0 amide bonds. The number of nitrogens with one attached hydrogen (secondary N) is 1. The Hall–Kier alpha value is -0.670. The van der Waals surface area contributed by atoms with Gasteiger partial charge in [0, 0.05) is 12.2 Å². The van der Waals surface area contributed by atoms with E-state index >= 15 is 0 Å². The lowest BCUT2D eigenvalue weighted by atomic mass is 10.1. The smallest absolute Gasteiger partial charge is 0.0681 e. The Bertz CT molecular complexity index is 293. The van der Waals surface area contributed by atoms with Gasteiger partial charge in [-0.1, -0.05) is 12.1 Å². The van der Waals surface area contributed by atoms with Crippen LogP contribution >= 0.6 is 11.8 Å². The Morgan fingerprint density at radius 1 is 1.33 bits per heavy atom. The minimum absolute atomic E-state index is 0.125. The van der Waals surface area contributed by atoms with E-state index in [1.807, 2.05) is 24.3 Å². The fourth-order valence-electron chi connectivity index (χ4n) is 1.73. The van der Waals surface area contributed by atoms with Gasteiger partial charge in [0.1, 0.15) is 0 Å². The summed E-state index contributed by atoms with van der Waals surface area (Å²) in [6.07, 6.45) is 1.34. The van der Waals surface area contributed by atoms with Gasteiger partial charge in [0.15, 0.2) is 0 Å². The maximum absolute atomic E-state index is 8.91. The van der Waals surface area contributed by atoms with Gasteiger partial charge in [-0.3, -0.25) is 0 Å². The van der Waals surface area contributed by atoms with Crippen molar-refractivity contribution in [3.8, 4) is 0 Å². The van der Waals surface area contributed by atoms with Crippen LogP contribution in [0.1, 0.15) is 12.0 Å². The van der Waals surface area contributed by atoms with Crippen LogP contribution in [0.2, 0.25) is 0 Å². The highest BCUT2D eigenvalue weighted by Crippen LogP contribution is 2.23. The Kier molecular flexibility index (Phi) is 3.92. The van der Waals surface area contributed by atoms with Crippen LogP contribution in [0.4, 0.5) is 5.69 Å². The van der Waals surface area contributed by atoms with Crippen LogP contribution < -0.4 is 5.32 Å². The lowest BCUT2D eigenvalue weighted by molar-refractivity contribution is 0.282. The third-order valence-corrected chi connectivity index (χ3v) is 3.99. The summed E-state index contributed by atoms with van der Waals surface area (Å²) in [5, 5.41) is 12.4. The number of rotatable bonds is 4. The standard InChI is InChI=1S/C12H17NOS/c14-8-10-1-3-12(4-2-10)13-7-11-5-6-15-9-11/h1-4,11,13-14H,5-9H2. The van der Waals surface area contributed by atoms with E-state index in [4.69, 9.17) is 5.11 Å². The summed E-state index contributed by atoms with van der Waals surface area (Å²) in [7, 11) is 0. The zero-order chi connectivity index (χ0) is 10.5. The van der Waals surface area contributed by atoms with Crippen molar-refractivity contribution in [3.05, 3.63) is 29.8 Å². The van der Waals surface area contributed by atoms with Crippen LogP contribution in [0.25, 0.3) is 0 Å². The number of thioether (sulfide) groups is 1. The van der Waals surface area contributed by atoms with Gasteiger partial charge >= 0.3 is 0 Å². The molecular formula is C12H17NOS. The Morgan fingerprint density at radius 3 is 2.73 bits per heavy atom. The van der Waals surface area contributed by atoms with Gasteiger partial charge in [0.2, 0.25) is 0 Å². The molecule has 0 aromatic heterocycles. The van der Waals surface area contributed by atoms with Crippen molar-refractivity contribution < 1.29 is 5.11 Å². The van der Waals surface area contributed by atoms with Gasteiger partial charge in [0.05, 0.1) is 6.61 Å². The summed E-state index contributed by atoms with van der Waals surface area (Å²) < 4.78 is 0. The first-order valence-corrected chi connectivity index (χ1v) is 6.55. The lowest BCUT2D eigenvalue weighted by Gasteiger charge is -2.11. The minimum Gasteiger partial charge on any atom is -0.392 e. The van der Waals surface area contributed by atoms with Crippen molar-refractivity contribution >= 4 is 17.4 Å². The molecule has 82 valence electrons. The highest BCUT2D eigenvalue weighted by molar-refractivity contribution is 7.99. The second-order valence-corrected chi connectivity index (χ2v) is 5.12. The molecule has 1 fully saturated rings. The molecule has 1 atom stereocenters. The zero-order valence-corrected chi connectivity index (χ0v) is 9.59. The number of hydrogen-bond donors (Lipinski definition) is 2. The molecule has 2 N–H and O–H groups in total. The average molecular weight is 223 g/mol. The number of aliphatic hydroxyl groups excluding tert-OH is 1. The highest BCUT2D eigenvalue weighted by Gasteiger charge is 2.14. The van der Waals surface area contributed by atoms with Gasteiger partial charge in [-0.15, -0.1) is 0 Å². The van der Waals surface area contributed by atoms with Crippen molar-refractivity contribution in [2.45, 2.75) is 13.0 Å². The quantitative estimate of drug-likeness (QED) is 0.822. The van der Waals surface area contributed by atoms with Crippen LogP contribution in [0.15, 0.2) is 24.3 Å². The summed E-state index contributed by atoms with van der Waals surface area (Å²) in [5.74, 6) is 3.44. The predicted molar refractivity (Wildman–Crippen MR) is 66.3 cm³/mol. The molecule has 2 rings (SSSR count). The monoisotopic (exact) mass is 223 g/mol. The van der Waals surface area contributed by atoms with E-state index < -0.39 is 0 Å². The molecule has 1 heterocycles. The number of benzene rings is 1. The normalized spacial score (nSPS) is 20.5. The van der Waals surface area contributed by atoms with E-state index in [-0.39, 0.29) is 6.61 Å². The molecule has 15 heavy (non-hydrogen) atoms. The molecule has 1 unspecified atom stereocenters. The third-order valence-electron chi connectivity index (χ3n) is 2.76. The van der Waals surface area contributed by atoms with E-state index in [0.717, 1.165) is 23.7 Å². The second-order valence-electron chi connectivity index (χ2n) is 3.97. The number of anilines is 1. The molecule has 3 heteroatoms. The zero-order valence-electron chi connectivity index (χ0n) is 8.78. The fraction of sp³-hybridized carbons (Fsp3) is 0.500. The maximum Gasteiger partial charge on any atom is 0.0681 e. The first-order chi connectivity index (χ1) is 7.38. The molecule has 1 aliphatic heterocycles. The van der Waals surface area contributed by atoms with Crippen molar-refractivity contribution in [1.29, 1.82) is 0 Å². The SMILES string of the molecule is OCc1ccc(NCC2CCSC2)cc1. The molecule has 0 aliphatic carbocycles. The average Bonchev–Trinajstić information content (AvgIpc) is 2.80. The molecular weight excluding hydrogens is 206 g/mol. The predicted octanol–water partition coefficient (Wildman–Crippen LogP) is 2.34. The van der Waals surface area contributed by atoms with Crippen LogP contribution in [0.5, 0.6) is 0 Å². The summed E-state index contributed by atoms with van der Waals surface area (Å²) >= 11 is 2.05. The topological polar surface area (TPSA) is 32.3 Å². The van der Waals surface area contributed by atoms with Crippen LogP contribution in [0.3, 0.4) is 0 Å². The molecule has 0 spiro atoms. The second kappa shape index (κ2) is 5.42. The molecule has 0 radical (unpaired) electrons. The summed E-state index contributed by atoms with van der Waals surface area (Å²) in [6.45, 7) is 1.20. The highest BCUT2D eigenvalue weighted by atomic mass is 32.2. The van der Waals surface area contributed by atoms with E-state index in [1.54, 1.807) is 0 Å². The molecule has 0 saturated carbocycles. The van der Waals surface area contributed by atoms with Crippen molar-refractivity contribution in [2.24, 2.45) is 5.92 Å². The van der Waals surface area contributed by atoms with Gasteiger partial charge in [-0.05, 0) is 41.5 Å². The molecule has 0 bridgehead atoms. The molecule has 2 nitrogen and oxygen atoms in total. The Balaban J connectivity index is 1.82. The summed E-state index contributed by atoms with van der Waals surface area (Å²) in [5.41, 5.74) is 2.13. The Labute approximate surface area is 95.1 Å². The molecule has 1 saturated heterocycles. The summed E-state index contributed by atoms with van der Waals surface area (Å²) in [4.78, 5) is 0. The van der Waals surface area contributed by atoms with Gasteiger partial charge in [-0.2, -0.15) is 11.8 Å². The van der Waals surface area contributed by atoms with E-state index in [0.29, 0.717) is 0 Å². The van der Waals surface area contributed by atoms with E-state index in [2.05, 4.69) is 17.1 Å². The third kappa shape index (κ3) is 3.14. The van der Waals surface area contributed by atoms with Crippen LogP contribution in [0, 0.1) is 5.92 Å². The largest absolute Gasteiger partial charge is 0.392 e. The fourth-order valence-corrected chi connectivity index (χ4v) is 3.02. The van der Waals surface area contributed by atoms with E-state index in [9.17, 15) is 0 Å². The molecule has 1 aromatic rings. The van der Waals surface area contributed by atoms with Gasteiger partial charge < -0.3 is 10.4 Å².